The highest BCUT2D eigenvalue weighted by Gasteiger charge is 2.31. The van der Waals surface area contributed by atoms with Crippen LogP contribution in [-0.2, 0) is 0 Å². The molecule has 2 unspecified atom stereocenters. The topological polar surface area (TPSA) is 3.24 Å². The summed E-state index contributed by atoms with van der Waals surface area (Å²) in [6.45, 7) is 2.23. The van der Waals surface area contributed by atoms with Gasteiger partial charge < -0.3 is 4.90 Å². The standard InChI is InChI=1S/C10H17N/c1-8-7-9-5-3-4-6-10(9)11(8)2/h7,9-10H,3-6H2,1-2H3. The molecular weight excluding hydrogens is 134 g/mol. The maximum atomic E-state index is 2.46. The molecule has 0 aromatic rings. The Morgan fingerprint density at radius 3 is 2.82 bits per heavy atom. The van der Waals surface area contributed by atoms with Crippen LogP contribution >= 0.6 is 0 Å². The van der Waals surface area contributed by atoms with Crippen LogP contribution in [0.3, 0.4) is 0 Å². The first-order valence-corrected chi connectivity index (χ1v) is 4.70. The zero-order valence-corrected chi connectivity index (χ0v) is 7.51. The monoisotopic (exact) mass is 151 g/mol. The second-order valence-electron chi connectivity index (χ2n) is 3.93. The highest BCUT2D eigenvalue weighted by Crippen LogP contribution is 2.35. The van der Waals surface area contributed by atoms with Crippen LogP contribution in [0, 0.1) is 5.92 Å². The highest BCUT2D eigenvalue weighted by atomic mass is 15.2. The van der Waals surface area contributed by atoms with E-state index in [0.29, 0.717) is 0 Å². The second-order valence-corrected chi connectivity index (χ2v) is 3.93. The summed E-state index contributed by atoms with van der Waals surface area (Å²) in [5.41, 5.74) is 1.49. The Balaban J connectivity index is 2.13. The predicted molar refractivity (Wildman–Crippen MR) is 47.3 cm³/mol. The summed E-state index contributed by atoms with van der Waals surface area (Å²) in [6, 6.07) is 0.851. The van der Waals surface area contributed by atoms with Crippen molar-refractivity contribution in [2.24, 2.45) is 5.92 Å². The summed E-state index contributed by atoms with van der Waals surface area (Å²) in [4.78, 5) is 2.46. The van der Waals surface area contributed by atoms with Gasteiger partial charge in [0.2, 0.25) is 0 Å². The van der Waals surface area contributed by atoms with Crippen molar-refractivity contribution >= 4 is 0 Å². The summed E-state index contributed by atoms with van der Waals surface area (Å²) in [5, 5.41) is 0. The summed E-state index contributed by atoms with van der Waals surface area (Å²) in [7, 11) is 2.24. The van der Waals surface area contributed by atoms with Crippen molar-refractivity contribution in [2.75, 3.05) is 7.05 Å². The normalized spacial score (nSPS) is 36.9. The largest absolute Gasteiger partial charge is 0.375 e. The number of nitrogens with zero attached hydrogens (tertiary/aromatic N) is 1. The first kappa shape index (κ1) is 7.20. The van der Waals surface area contributed by atoms with E-state index in [1.807, 2.05) is 0 Å². The molecule has 1 aliphatic heterocycles. The van der Waals surface area contributed by atoms with Gasteiger partial charge in [0.1, 0.15) is 0 Å². The van der Waals surface area contributed by atoms with Crippen LogP contribution in [0.15, 0.2) is 11.8 Å². The molecule has 0 bridgehead atoms. The lowest BCUT2D eigenvalue weighted by molar-refractivity contribution is 0.223. The molecule has 1 nitrogen and oxygen atoms in total. The van der Waals surface area contributed by atoms with E-state index in [-0.39, 0.29) is 0 Å². The van der Waals surface area contributed by atoms with Crippen molar-refractivity contribution in [3.8, 4) is 0 Å². The third kappa shape index (κ3) is 1.07. The summed E-state index contributed by atoms with van der Waals surface area (Å²) in [5.74, 6) is 0.883. The van der Waals surface area contributed by atoms with Crippen LogP contribution in [0.4, 0.5) is 0 Å². The zero-order chi connectivity index (χ0) is 7.84. The van der Waals surface area contributed by atoms with Gasteiger partial charge in [0.25, 0.3) is 0 Å². The minimum absolute atomic E-state index is 0.851. The lowest BCUT2D eigenvalue weighted by atomic mass is 9.86. The predicted octanol–water partition coefficient (Wildman–Crippen LogP) is 2.39. The lowest BCUT2D eigenvalue weighted by Gasteiger charge is -2.31. The first-order chi connectivity index (χ1) is 5.29. The van der Waals surface area contributed by atoms with E-state index >= 15 is 0 Å². The van der Waals surface area contributed by atoms with Crippen molar-refractivity contribution in [2.45, 2.75) is 38.6 Å². The minimum Gasteiger partial charge on any atom is -0.375 e. The van der Waals surface area contributed by atoms with Gasteiger partial charge in [-0.2, -0.15) is 0 Å². The molecule has 1 heterocycles. The Morgan fingerprint density at radius 2 is 2.09 bits per heavy atom. The van der Waals surface area contributed by atoms with Crippen molar-refractivity contribution in [3.05, 3.63) is 11.8 Å². The van der Waals surface area contributed by atoms with Crippen LogP contribution in [0.25, 0.3) is 0 Å². The fourth-order valence-corrected chi connectivity index (χ4v) is 2.50. The molecule has 0 radical (unpaired) electrons. The molecule has 0 spiro atoms. The summed E-state index contributed by atoms with van der Waals surface area (Å²) < 4.78 is 0. The molecule has 2 aliphatic rings. The summed E-state index contributed by atoms with van der Waals surface area (Å²) >= 11 is 0. The number of hydrogen-bond donors (Lipinski definition) is 0. The molecule has 62 valence electrons. The Morgan fingerprint density at radius 1 is 1.36 bits per heavy atom. The van der Waals surface area contributed by atoms with E-state index in [9.17, 15) is 0 Å². The van der Waals surface area contributed by atoms with E-state index < -0.39 is 0 Å². The molecule has 1 saturated carbocycles. The van der Waals surface area contributed by atoms with E-state index in [2.05, 4.69) is 24.9 Å². The van der Waals surface area contributed by atoms with Gasteiger partial charge in [-0.3, -0.25) is 0 Å². The molecule has 0 amide bonds. The summed E-state index contributed by atoms with van der Waals surface area (Å²) in [6.07, 6.45) is 8.18. The maximum absolute atomic E-state index is 2.46. The smallest absolute Gasteiger partial charge is 0.0346 e. The van der Waals surface area contributed by atoms with Gasteiger partial charge in [0, 0.05) is 18.8 Å². The molecule has 0 saturated heterocycles. The van der Waals surface area contributed by atoms with Gasteiger partial charge in [0.05, 0.1) is 0 Å². The molecule has 2 atom stereocenters. The molecule has 11 heavy (non-hydrogen) atoms. The Labute approximate surface area is 69.1 Å². The molecule has 1 fully saturated rings. The molecule has 2 rings (SSSR count). The Bertz CT molecular complexity index is 183. The average Bonchev–Trinajstić information content (AvgIpc) is 2.30. The molecule has 0 aromatic heterocycles. The van der Waals surface area contributed by atoms with Gasteiger partial charge in [-0.05, 0) is 25.7 Å². The van der Waals surface area contributed by atoms with Gasteiger partial charge in [0.15, 0.2) is 0 Å². The second kappa shape index (κ2) is 2.54. The molecular formula is C10H17N. The molecule has 1 heteroatoms. The SMILES string of the molecule is CC1=CC2CCCCC2N1C. The Hall–Kier alpha value is -0.460. The van der Waals surface area contributed by atoms with Crippen LogP contribution < -0.4 is 0 Å². The molecule has 1 aliphatic carbocycles. The van der Waals surface area contributed by atoms with E-state index in [1.54, 1.807) is 0 Å². The highest BCUT2D eigenvalue weighted by molar-refractivity contribution is 5.13. The fraction of sp³-hybridized carbons (Fsp3) is 0.800. The maximum Gasteiger partial charge on any atom is 0.0346 e. The molecule has 0 N–H and O–H groups in total. The van der Waals surface area contributed by atoms with Gasteiger partial charge >= 0.3 is 0 Å². The van der Waals surface area contributed by atoms with Crippen LogP contribution in [0.5, 0.6) is 0 Å². The van der Waals surface area contributed by atoms with Gasteiger partial charge in [-0.25, -0.2) is 0 Å². The van der Waals surface area contributed by atoms with Crippen LogP contribution in [-0.4, -0.2) is 18.0 Å². The average molecular weight is 151 g/mol. The zero-order valence-electron chi connectivity index (χ0n) is 7.51. The van der Waals surface area contributed by atoms with Crippen LogP contribution in [0.2, 0.25) is 0 Å². The quantitative estimate of drug-likeness (QED) is 0.514. The Kier molecular flexibility index (Phi) is 1.67. The van der Waals surface area contributed by atoms with Crippen molar-refractivity contribution in [1.82, 2.24) is 4.90 Å². The number of allylic oxidation sites excluding steroid dienone is 1. The van der Waals surface area contributed by atoms with Crippen molar-refractivity contribution in [3.63, 3.8) is 0 Å². The van der Waals surface area contributed by atoms with Crippen molar-refractivity contribution in [1.29, 1.82) is 0 Å². The fourth-order valence-electron chi connectivity index (χ4n) is 2.50. The lowest BCUT2D eigenvalue weighted by Crippen LogP contribution is -2.32. The van der Waals surface area contributed by atoms with E-state index in [4.69, 9.17) is 0 Å². The number of rotatable bonds is 0. The van der Waals surface area contributed by atoms with Crippen LogP contribution in [0.1, 0.15) is 32.6 Å². The third-order valence-electron chi connectivity index (χ3n) is 3.29. The van der Waals surface area contributed by atoms with Gasteiger partial charge in [-0.1, -0.05) is 18.9 Å². The molecule has 0 aromatic carbocycles. The van der Waals surface area contributed by atoms with Crippen molar-refractivity contribution < 1.29 is 0 Å². The first-order valence-electron chi connectivity index (χ1n) is 4.70. The van der Waals surface area contributed by atoms with Gasteiger partial charge in [-0.15, -0.1) is 0 Å². The van der Waals surface area contributed by atoms with E-state index in [1.165, 1.54) is 31.4 Å². The minimum atomic E-state index is 0.851. The third-order valence-corrected chi connectivity index (χ3v) is 3.29. The number of hydrogen-bond acceptors (Lipinski definition) is 1. The number of fused-ring (bicyclic) bond motifs is 1. The van der Waals surface area contributed by atoms with E-state index in [0.717, 1.165) is 12.0 Å².